The molecule has 0 bridgehead atoms. The van der Waals surface area contributed by atoms with Crippen molar-refractivity contribution in [2.24, 2.45) is 0 Å². The summed E-state index contributed by atoms with van der Waals surface area (Å²) in [6.07, 6.45) is 0. The molecule has 0 fully saturated rings. The molecule has 9 heteroatoms. The van der Waals surface area contributed by atoms with Crippen molar-refractivity contribution < 1.29 is 8.42 Å². The van der Waals surface area contributed by atoms with Crippen LogP contribution in [0.3, 0.4) is 0 Å². The number of nitrogens with zero attached hydrogens (tertiary/aromatic N) is 5. The Kier molecular flexibility index (Phi) is 3.05. The Morgan fingerprint density at radius 1 is 1.14 bits per heavy atom. The normalized spacial score (nSPS) is 11.7. The molecule has 0 radical (unpaired) electrons. The molecule has 0 atom stereocenters. The van der Waals surface area contributed by atoms with Crippen LogP contribution < -0.4 is 4.72 Å². The highest BCUT2D eigenvalue weighted by atomic mass is 32.2. The van der Waals surface area contributed by atoms with Crippen molar-refractivity contribution in [1.82, 2.24) is 25.0 Å². The first-order chi connectivity index (χ1) is 9.95. The lowest BCUT2D eigenvalue weighted by Gasteiger charge is -2.08. The van der Waals surface area contributed by atoms with Crippen LogP contribution in [0.4, 0.5) is 5.82 Å². The van der Waals surface area contributed by atoms with Crippen LogP contribution in [0.1, 0.15) is 11.3 Å². The van der Waals surface area contributed by atoms with Crippen LogP contribution in [0.5, 0.6) is 0 Å². The van der Waals surface area contributed by atoms with Crippen molar-refractivity contribution in [2.45, 2.75) is 18.7 Å². The lowest BCUT2D eigenvalue weighted by Crippen LogP contribution is -2.15. The van der Waals surface area contributed by atoms with E-state index in [1.807, 2.05) is 6.92 Å². The molecular weight excluding hydrogens is 292 g/mol. The number of aromatic nitrogens is 5. The van der Waals surface area contributed by atoms with Gasteiger partial charge in [0.2, 0.25) is 0 Å². The second-order valence-electron chi connectivity index (χ2n) is 4.59. The van der Waals surface area contributed by atoms with Gasteiger partial charge in [0.25, 0.3) is 15.8 Å². The van der Waals surface area contributed by atoms with Crippen molar-refractivity contribution in [2.75, 3.05) is 4.72 Å². The maximum Gasteiger partial charge on any atom is 0.275 e. The van der Waals surface area contributed by atoms with Gasteiger partial charge in [-0.3, -0.25) is 4.72 Å². The number of benzene rings is 1. The highest BCUT2D eigenvalue weighted by molar-refractivity contribution is 7.92. The number of fused-ring (bicyclic) bond motifs is 1. The summed E-state index contributed by atoms with van der Waals surface area (Å²) in [5, 5.41) is 10.9. The summed E-state index contributed by atoms with van der Waals surface area (Å²) in [6.45, 7) is 3.65. The molecular formula is C12H12N6O2S. The fourth-order valence-corrected chi connectivity index (χ4v) is 2.84. The predicted molar refractivity (Wildman–Crippen MR) is 75.3 cm³/mol. The second-order valence-corrected chi connectivity index (χ2v) is 6.27. The maximum absolute atomic E-state index is 12.3. The molecule has 0 aliphatic heterocycles. The molecule has 0 aliphatic rings. The summed E-state index contributed by atoms with van der Waals surface area (Å²) < 4.78 is 28.4. The zero-order valence-corrected chi connectivity index (χ0v) is 12.2. The van der Waals surface area contributed by atoms with E-state index in [1.165, 1.54) is 4.52 Å². The van der Waals surface area contributed by atoms with E-state index in [9.17, 15) is 8.42 Å². The fourth-order valence-electron chi connectivity index (χ4n) is 1.85. The van der Waals surface area contributed by atoms with E-state index in [1.54, 1.807) is 37.3 Å². The molecule has 0 spiro atoms. The molecule has 21 heavy (non-hydrogen) atoms. The molecule has 2 heterocycles. The number of nitrogens with one attached hydrogen (secondary N) is 1. The van der Waals surface area contributed by atoms with E-state index in [-0.39, 0.29) is 16.5 Å². The number of tetrazole rings is 1. The summed E-state index contributed by atoms with van der Waals surface area (Å²) in [7, 11) is -3.69. The SMILES string of the molecule is Cc1ccc(S(=O)(=O)Nc2cc(C)n3nnnc3n2)cc1. The largest absolute Gasteiger partial charge is 0.275 e. The number of anilines is 1. The zero-order valence-electron chi connectivity index (χ0n) is 11.3. The Balaban J connectivity index is 1.98. The first-order valence-electron chi connectivity index (χ1n) is 6.11. The van der Waals surface area contributed by atoms with Crippen molar-refractivity contribution in [3.63, 3.8) is 0 Å². The topological polar surface area (TPSA) is 102 Å². The molecule has 0 unspecified atom stereocenters. The Bertz CT molecular complexity index is 901. The first kappa shape index (κ1) is 13.4. The van der Waals surface area contributed by atoms with Crippen LogP contribution in [-0.4, -0.2) is 33.4 Å². The minimum atomic E-state index is -3.69. The van der Waals surface area contributed by atoms with Crippen LogP contribution in [0.15, 0.2) is 35.2 Å². The van der Waals surface area contributed by atoms with Gasteiger partial charge in [0.1, 0.15) is 5.82 Å². The van der Waals surface area contributed by atoms with E-state index in [0.717, 1.165) is 5.56 Å². The lowest BCUT2D eigenvalue weighted by molar-refractivity contribution is 0.601. The lowest BCUT2D eigenvalue weighted by atomic mass is 10.2. The van der Waals surface area contributed by atoms with Crippen LogP contribution in [0.2, 0.25) is 0 Å². The number of sulfonamides is 1. The molecule has 1 N–H and O–H groups in total. The van der Waals surface area contributed by atoms with Crippen molar-refractivity contribution in [1.29, 1.82) is 0 Å². The number of hydrogen-bond donors (Lipinski definition) is 1. The van der Waals surface area contributed by atoms with E-state index < -0.39 is 10.0 Å². The average Bonchev–Trinajstić information content (AvgIpc) is 2.87. The number of hydrogen-bond acceptors (Lipinski definition) is 6. The van der Waals surface area contributed by atoms with Gasteiger partial charge in [0.15, 0.2) is 0 Å². The Hall–Kier alpha value is -2.55. The van der Waals surface area contributed by atoms with E-state index in [0.29, 0.717) is 5.69 Å². The van der Waals surface area contributed by atoms with Crippen molar-refractivity contribution in [3.8, 4) is 0 Å². The molecule has 3 aromatic rings. The molecule has 1 aromatic carbocycles. The minimum Gasteiger partial charge on any atom is -0.263 e. The highest BCUT2D eigenvalue weighted by Gasteiger charge is 2.16. The zero-order chi connectivity index (χ0) is 15.0. The van der Waals surface area contributed by atoms with Crippen LogP contribution >= 0.6 is 0 Å². The van der Waals surface area contributed by atoms with Crippen LogP contribution in [0, 0.1) is 13.8 Å². The first-order valence-corrected chi connectivity index (χ1v) is 7.59. The third-order valence-corrected chi connectivity index (χ3v) is 4.29. The Labute approximate surface area is 120 Å². The van der Waals surface area contributed by atoms with Gasteiger partial charge in [-0.1, -0.05) is 22.8 Å². The van der Waals surface area contributed by atoms with Gasteiger partial charge >= 0.3 is 0 Å². The molecule has 108 valence electrons. The van der Waals surface area contributed by atoms with Gasteiger partial charge in [-0.2, -0.15) is 9.50 Å². The van der Waals surface area contributed by atoms with Gasteiger partial charge in [0.05, 0.1) is 4.90 Å². The van der Waals surface area contributed by atoms with Crippen molar-refractivity contribution >= 4 is 21.6 Å². The minimum absolute atomic E-state index is 0.173. The Morgan fingerprint density at radius 3 is 2.57 bits per heavy atom. The van der Waals surface area contributed by atoms with E-state index >= 15 is 0 Å². The Morgan fingerprint density at radius 2 is 1.86 bits per heavy atom. The third kappa shape index (κ3) is 2.55. The van der Waals surface area contributed by atoms with Gasteiger partial charge in [-0.25, -0.2) is 8.42 Å². The third-order valence-electron chi connectivity index (χ3n) is 2.92. The summed E-state index contributed by atoms with van der Waals surface area (Å²) >= 11 is 0. The summed E-state index contributed by atoms with van der Waals surface area (Å²) in [4.78, 5) is 4.23. The molecule has 2 aromatic heterocycles. The molecule has 0 saturated heterocycles. The maximum atomic E-state index is 12.3. The number of aryl methyl sites for hydroxylation is 2. The molecule has 8 nitrogen and oxygen atoms in total. The molecule has 0 saturated carbocycles. The van der Waals surface area contributed by atoms with Crippen molar-refractivity contribution in [3.05, 3.63) is 41.6 Å². The van der Waals surface area contributed by atoms with E-state index in [2.05, 4.69) is 25.2 Å². The monoisotopic (exact) mass is 304 g/mol. The summed E-state index contributed by atoms with van der Waals surface area (Å²) in [5.74, 6) is 0.409. The van der Waals surface area contributed by atoms with E-state index in [4.69, 9.17) is 0 Å². The second kappa shape index (κ2) is 4.77. The number of rotatable bonds is 3. The summed E-state index contributed by atoms with van der Waals surface area (Å²) in [6, 6.07) is 8.12. The van der Waals surface area contributed by atoms with Gasteiger partial charge in [-0.15, -0.1) is 0 Å². The quantitative estimate of drug-likeness (QED) is 0.772. The van der Waals surface area contributed by atoms with Crippen LogP contribution in [0.25, 0.3) is 5.78 Å². The predicted octanol–water partition coefficient (Wildman–Crippen LogP) is 0.937. The molecule has 0 aliphatic carbocycles. The standard InChI is InChI=1S/C12H12N6O2S/c1-8-3-5-10(6-4-8)21(19,20)15-11-7-9(2)18-12(13-11)14-16-17-18/h3-7H,1-2H3,(H,13,14,15,17). The molecule has 3 rings (SSSR count). The fraction of sp³-hybridized carbons (Fsp3) is 0.167. The van der Waals surface area contributed by atoms with Gasteiger partial charge < -0.3 is 0 Å². The summed E-state index contributed by atoms with van der Waals surface area (Å²) in [5.41, 5.74) is 1.66. The average molecular weight is 304 g/mol. The smallest absolute Gasteiger partial charge is 0.263 e. The van der Waals surface area contributed by atoms with Crippen LogP contribution in [-0.2, 0) is 10.0 Å². The highest BCUT2D eigenvalue weighted by Crippen LogP contribution is 2.16. The van der Waals surface area contributed by atoms with Gasteiger partial charge in [0, 0.05) is 11.8 Å². The molecule has 0 amide bonds. The van der Waals surface area contributed by atoms with Gasteiger partial charge in [-0.05, 0) is 36.4 Å².